The van der Waals surface area contributed by atoms with E-state index >= 15 is 0 Å². The Hall–Kier alpha value is -5.46. The van der Waals surface area contributed by atoms with E-state index in [2.05, 4.69) is 116 Å². The van der Waals surface area contributed by atoms with E-state index in [4.69, 9.17) is 26.5 Å². The molecule has 0 radical (unpaired) electrons. The second-order valence-corrected chi connectivity index (χ2v) is 24.6. The SMILES string of the molecule is CC.CC.CC.CC.CC.CC.CC.CC(C)(C)c1cc2ccsc2o1.CCc1cc2ccsc2o1.Cc1c(F)oc2sccc12.Cc1coc2scc(C)c12.Cc1sc2occ(C)c2c1C.Cc1sc2occc2c1C.Fc1cc2ccsc2o1. The largest absolute Gasteiger partial charge is 0.454 e. The quantitative estimate of drug-likeness (QED) is 0.162. The maximum atomic E-state index is 12.6. The minimum absolute atomic E-state index is 0.124. The monoisotopic (exact) mass is 1310 g/mol. The highest BCUT2D eigenvalue weighted by atomic mass is 32.1. The summed E-state index contributed by atoms with van der Waals surface area (Å²) in [5, 5.41) is 18.1. The first-order chi connectivity index (χ1) is 41.4. The molecule has 14 heterocycles. The van der Waals surface area contributed by atoms with Gasteiger partial charge in [0.2, 0.25) is 0 Å². The van der Waals surface area contributed by atoms with Gasteiger partial charge in [-0.15, -0.1) is 79.4 Å². The normalized spacial score (nSPS) is 9.91. The third-order valence-electron chi connectivity index (χ3n) is 11.6. The Kier molecular flexibility index (Phi) is 37.3. The number of rotatable bonds is 1. The van der Waals surface area contributed by atoms with Crippen molar-refractivity contribution in [1.29, 1.82) is 0 Å². The van der Waals surface area contributed by atoms with Crippen LogP contribution in [-0.2, 0) is 11.8 Å². The van der Waals surface area contributed by atoms with Crippen LogP contribution in [0.15, 0.2) is 125 Å². The number of halogens is 2. The van der Waals surface area contributed by atoms with Crippen LogP contribution in [0.1, 0.15) is 179 Å². The van der Waals surface area contributed by atoms with E-state index in [1.54, 1.807) is 69.9 Å². The van der Waals surface area contributed by atoms with Crippen molar-refractivity contribution >= 4 is 151 Å². The minimum atomic E-state index is -0.503. The van der Waals surface area contributed by atoms with Crippen molar-refractivity contribution in [3.8, 4) is 0 Å². The van der Waals surface area contributed by atoms with Crippen molar-refractivity contribution in [1.82, 2.24) is 0 Å². The molecule has 14 aromatic rings. The van der Waals surface area contributed by atoms with Crippen molar-refractivity contribution in [2.45, 2.75) is 192 Å². The van der Waals surface area contributed by atoms with Crippen molar-refractivity contribution in [3.05, 3.63) is 161 Å². The van der Waals surface area contributed by atoms with E-state index in [1.165, 1.54) is 93.2 Å². The molecule has 16 heteroatoms. The Morgan fingerprint density at radius 3 is 1.37 bits per heavy atom. The predicted molar refractivity (Wildman–Crippen MR) is 384 cm³/mol. The molecule has 0 saturated heterocycles. The van der Waals surface area contributed by atoms with Gasteiger partial charge in [-0.2, -0.15) is 8.78 Å². The molecule has 0 bridgehead atoms. The fourth-order valence-electron chi connectivity index (χ4n) is 7.35. The molecule has 0 saturated carbocycles. The number of hydrogen-bond acceptors (Lipinski definition) is 14. The zero-order valence-electron chi connectivity index (χ0n) is 55.9. The van der Waals surface area contributed by atoms with Crippen LogP contribution in [-0.4, -0.2) is 0 Å². The Morgan fingerprint density at radius 1 is 0.419 bits per heavy atom. The molecule has 0 N–H and O–H groups in total. The lowest BCUT2D eigenvalue weighted by Crippen LogP contribution is -2.08. The van der Waals surface area contributed by atoms with E-state index in [1.807, 2.05) is 144 Å². The number of thiophene rings is 7. The third-order valence-corrected chi connectivity index (χ3v) is 18.0. The summed E-state index contributed by atoms with van der Waals surface area (Å²) in [6.45, 7) is 53.1. The van der Waals surface area contributed by atoms with E-state index in [-0.39, 0.29) is 5.41 Å². The zero-order valence-corrected chi connectivity index (χ0v) is 61.6. The van der Waals surface area contributed by atoms with Crippen LogP contribution >= 0.6 is 79.4 Å². The minimum Gasteiger partial charge on any atom is -0.454 e. The molecular formula is C70H96F2O7S7. The third kappa shape index (κ3) is 21.7. The van der Waals surface area contributed by atoms with Gasteiger partial charge in [-0.05, 0) is 153 Å². The van der Waals surface area contributed by atoms with Gasteiger partial charge in [0.25, 0.3) is 12.0 Å². The lowest BCUT2D eigenvalue weighted by atomic mass is 9.93. The molecule has 14 aromatic heterocycles. The van der Waals surface area contributed by atoms with Gasteiger partial charge in [0, 0.05) is 70.9 Å². The summed E-state index contributed by atoms with van der Waals surface area (Å²) in [6.07, 6.45) is 6.37. The molecule has 0 fully saturated rings. The van der Waals surface area contributed by atoms with Crippen LogP contribution in [0.4, 0.5) is 8.78 Å². The fraction of sp³-hybridized carbons (Fsp3) is 0.400. The maximum Gasteiger partial charge on any atom is 0.282 e. The maximum absolute atomic E-state index is 12.6. The van der Waals surface area contributed by atoms with E-state index in [0.717, 1.165) is 53.2 Å². The lowest BCUT2D eigenvalue weighted by Gasteiger charge is -2.13. The van der Waals surface area contributed by atoms with Gasteiger partial charge in [0.05, 0.1) is 18.8 Å². The van der Waals surface area contributed by atoms with Crippen molar-refractivity contribution in [2.24, 2.45) is 0 Å². The summed E-state index contributed by atoms with van der Waals surface area (Å²) >= 11 is 11.3. The van der Waals surface area contributed by atoms with Crippen molar-refractivity contribution in [3.63, 3.8) is 0 Å². The van der Waals surface area contributed by atoms with Crippen LogP contribution in [0.25, 0.3) is 72.0 Å². The van der Waals surface area contributed by atoms with Gasteiger partial charge in [0.1, 0.15) is 11.5 Å². The molecule has 0 aliphatic carbocycles. The topological polar surface area (TPSA) is 92.0 Å². The molecule has 0 atom stereocenters. The number of furan rings is 7. The molecule has 7 nitrogen and oxygen atoms in total. The Balaban J connectivity index is 0.000000485. The van der Waals surface area contributed by atoms with Gasteiger partial charge in [-0.25, -0.2) is 0 Å². The highest BCUT2D eigenvalue weighted by Crippen LogP contribution is 2.35. The van der Waals surface area contributed by atoms with Crippen molar-refractivity contribution in [2.75, 3.05) is 0 Å². The molecule has 0 spiro atoms. The highest BCUT2D eigenvalue weighted by Gasteiger charge is 2.19. The Morgan fingerprint density at radius 2 is 0.884 bits per heavy atom. The molecule has 86 heavy (non-hydrogen) atoms. The van der Waals surface area contributed by atoms with Crippen LogP contribution in [0.5, 0.6) is 0 Å². The average molecular weight is 1310 g/mol. The first kappa shape index (κ1) is 78.6. The molecule has 0 aliphatic rings. The van der Waals surface area contributed by atoms with E-state index < -0.39 is 12.0 Å². The van der Waals surface area contributed by atoms with Crippen molar-refractivity contribution < 1.29 is 39.7 Å². The molecule has 0 unspecified atom stereocenters. The summed E-state index contributed by atoms with van der Waals surface area (Å²) < 4.78 is 61.3. The van der Waals surface area contributed by atoms with E-state index in [0.29, 0.717) is 15.4 Å². The van der Waals surface area contributed by atoms with Crippen LogP contribution in [0.2, 0.25) is 0 Å². The summed E-state index contributed by atoms with van der Waals surface area (Å²) in [5.74, 6) is 2.16. The zero-order chi connectivity index (χ0) is 65.4. The van der Waals surface area contributed by atoms with Crippen LogP contribution in [0, 0.1) is 67.4 Å². The second-order valence-electron chi connectivity index (χ2n) is 17.9. The van der Waals surface area contributed by atoms with E-state index in [9.17, 15) is 8.78 Å². The first-order valence-electron chi connectivity index (χ1n) is 29.9. The lowest BCUT2D eigenvalue weighted by molar-refractivity contribution is 0.378. The van der Waals surface area contributed by atoms with Gasteiger partial charge < -0.3 is 30.9 Å². The van der Waals surface area contributed by atoms with Gasteiger partial charge >= 0.3 is 0 Å². The molecule has 14 rings (SSSR count). The molecule has 0 aliphatic heterocycles. The number of aryl methyl sites for hydroxylation is 9. The van der Waals surface area contributed by atoms with Crippen LogP contribution < -0.4 is 0 Å². The number of hydrogen-bond donors (Lipinski definition) is 0. The van der Waals surface area contributed by atoms with Crippen LogP contribution in [0.3, 0.4) is 0 Å². The molecular weight excluding hydrogens is 1220 g/mol. The standard InChI is InChI=1S/C10H12OS.C9H10OS.3C8H8OS.C7H5FOS.C6H3FOS.7C2H6/c1-10(2,3)8-6-7-4-5-12-9(7)11-8;1-5-4-10-9-8(5)6(2)7(3)11-9;1-5-3-9-8-7(5)6(2)4-10-8;1-5-6(2)10-8-7(5)3-4-9-8;1-2-7-5-6-3-4-10-8(6)9-7;1-4-5-2-3-10-7(5)9-6(4)8;7-5-3-4-1-2-9-6(4)8-5;7*1-2/h4-6H,1-3H3;4H,1-3H3;2*3-4H,1-2H3;3-5H,2H2,1H3;2-3H,1H3;1-3H;7*1-2H3. The summed E-state index contributed by atoms with van der Waals surface area (Å²) in [6, 6.07) is 14.5. The summed E-state index contributed by atoms with van der Waals surface area (Å²) in [7, 11) is 0. The Bertz CT molecular complexity index is 3760. The summed E-state index contributed by atoms with van der Waals surface area (Å²) in [5.41, 5.74) is 7.28. The average Bonchev–Trinajstić information content (AvgIpc) is 4.33. The summed E-state index contributed by atoms with van der Waals surface area (Å²) in [4.78, 5) is 9.32. The van der Waals surface area contributed by atoms with Gasteiger partial charge in [0.15, 0.2) is 34.3 Å². The fourth-order valence-corrected chi connectivity index (χ4v) is 13.3. The highest BCUT2D eigenvalue weighted by molar-refractivity contribution is 7.19. The Labute approximate surface area is 539 Å². The molecule has 0 aromatic carbocycles. The van der Waals surface area contributed by atoms with Gasteiger partial charge in [-0.3, -0.25) is 0 Å². The first-order valence-corrected chi connectivity index (χ1v) is 35.9. The number of fused-ring (bicyclic) bond motifs is 7. The predicted octanol–water partition coefficient (Wildman–Crippen LogP) is 29.2. The smallest absolute Gasteiger partial charge is 0.282 e. The molecule has 474 valence electrons. The molecule has 0 amide bonds. The van der Waals surface area contributed by atoms with Gasteiger partial charge in [-0.1, -0.05) is 125 Å². The second kappa shape index (κ2) is 40.9.